The Labute approximate surface area is 136 Å². The molecular formula is C17H24N2O4. The highest BCUT2D eigenvalue weighted by atomic mass is 16.4. The SMILES string of the molecule is CCCC[C@@H](C(=O)N1CCC(c2cccnc2)C1)[C@H](O)C(=O)O. The maximum atomic E-state index is 12.7. The number of nitrogens with zero attached hydrogens (tertiary/aromatic N) is 2. The van der Waals surface area contributed by atoms with Gasteiger partial charge >= 0.3 is 5.97 Å². The Balaban J connectivity index is 2.04. The summed E-state index contributed by atoms with van der Waals surface area (Å²) in [6.07, 6.45) is 4.70. The molecule has 0 saturated carbocycles. The van der Waals surface area contributed by atoms with Crippen molar-refractivity contribution in [2.45, 2.75) is 44.6 Å². The van der Waals surface area contributed by atoms with Gasteiger partial charge in [-0.2, -0.15) is 0 Å². The first kappa shape index (κ1) is 17.4. The van der Waals surface area contributed by atoms with Gasteiger partial charge in [0.25, 0.3) is 0 Å². The van der Waals surface area contributed by atoms with E-state index in [1.165, 1.54) is 0 Å². The number of likely N-dealkylation sites (tertiary alicyclic amines) is 1. The fraction of sp³-hybridized carbons (Fsp3) is 0.588. The average molecular weight is 320 g/mol. The number of aromatic nitrogens is 1. The first-order chi connectivity index (χ1) is 11.0. The number of aliphatic hydroxyl groups excluding tert-OH is 1. The molecule has 1 aromatic rings. The minimum atomic E-state index is -1.63. The van der Waals surface area contributed by atoms with Crippen LogP contribution in [0.5, 0.6) is 0 Å². The molecule has 1 unspecified atom stereocenters. The molecule has 0 spiro atoms. The summed E-state index contributed by atoms with van der Waals surface area (Å²) in [5.41, 5.74) is 1.09. The van der Waals surface area contributed by atoms with Crippen molar-refractivity contribution in [2.24, 2.45) is 5.92 Å². The molecule has 2 N–H and O–H groups in total. The smallest absolute Gasteiger partial charge is 0.333 e. The van der Waals surface area contributed by atoms with Crippen LogP contribution in [0.3, 0.4) is 0 Å². The minimum absolute atomic E-state index is 0.224. The number of amides is 1. The van der Waals surface area contributed by atoms with Gasteiger partial charge in [-0.1, -0.05) is 25.8 Å². The van der Waals surface area contributed by atoms with E-state index in [1.54, 1.807) is 17.3 Å². The maximum absolute atomic E-state index is 12.7. The number of carboxylic acid groups (broad SMARTS) is 1. The number of aliphatic carboxylic acids is 1. The molecule has 1 aliphatic heterocycles. The zero-order valence-corrected chi connectivity index (χ0v) is 13.4. The van der Waals surface area contributed by atoms with Gasteiger partial charge in [-0.15, -0.1) is 0 Å². The summed E-state index contributed by atoms with van der Waals surface area (Å²) in [5, 5.41) is 18.9. The van der Waals surface area contributed by atoms with Crippen LogP contribution in [0.1, 0.15) is 44.1 Å². The second-order valence-electron chi connectivity index (χ2n) is 6.09. The first-order valence-corrected chi connectivity index (χ1v) is 8.14. The normalized spacial score (nSPS) is 20.3. The lowest BCUT2D eigenvalue weighted by Gasteiger charge is -2.25. The summed E-state index contributed by atoms with van der Waals surface area (Å²) in [6.45, 7) is 3.12. The predicted octanol–water partition coefficient (Wildman–Crippen LogP) is 1.65. The molecule has 0 bridgehead atoms. The number of carbonyl (C=O) groups excluding carboxylic acids is 1. The first-order valence-electron chi connectivity index (χ1n) is 8.14. The lowest BCUT2D eigenvalue weighted by atomic mass is 9.94. The van der Waals surface area contributed by atoms with Crippen molar-refractivity contribution < 1.29 is 19.8 Å². The van der Waals surface area contributed by atoms with Crippen LogP contribution < -0.4 is 0 Å². The van der Waals surface area contributed by atoms with E-state index in [0.717, 1.165) is 24.8 Å². The molecule has 0 aromatic carbocycles. The van der Waals surface area contributed by atoms with E-state index in [9.17, 15) is 14.7 Å². The van der Waals surface area contributed by atoms with E-state index >= 15 is 0 Å². The fourth-order valence-corrected chi connectivity index (χ4v) is 3.10. The molecule has 2 heterocycles. The quantitative estimate of drug-likeness (QED) is 0.797. The molecular weight excluding hydrogens is 296 g/mol. The summed E-state index contributed by atoms with van der Waals surface area (Å²) in [6, 6.07) is 3.87. The lowest BCUT2D eigenvalue weighted by molar-refractivity contribution is -0.156. The number of aliphatic hydroxyl groups is 1. The standard InChI is InChI=1S/C17H24N2O4/c1-2-3-6-14(15(20)17(22)23)16(21)19-9-7-13(11-19)12-5-4-8-18-10-12/h4-5,8,10,13-15,20H,2-3,6-7,9,11H2,1H3,(H,22,23)/t13?,14-,15+/m1/s1. The van der Waals surface area contributed by atoms with Gasteiger partial charge in [0, 0.05) is 31.4 Å². The van der Waals surface area contributed by atoms with Gasteiger partial charge in [0.05, 0.1) is 5.92 Å². The van der Waals surface area contributed by atoms with Crippen LogP contribution in [-0.4, -0.2) is 51.2 Å². The Bertz CT molecular complexity index is 535. The number of rotatable bonds is 7. The van der Waals surface area contributed by atoms with Gasteiger partial charge in [-0.05, 0) is 24.5 Å². The Morgan fingerprint density at radius 3 is 2.87 bits per heavy atom. The van der Waals surface area contributed by atoms with Gasteiger partial charge < -0.3 is 15.1 Å². The van der Waals surface area contributed by atoms with E-state index in [4.69, 9.17) is 5.11 Å². The van der Waals surface area contributed by atoms with Crippen LogP contribution in [-0.2, 0) is 9.59 Å². The van der Waals surface area contributed by atoms with E-state index < -0.39 is 18.0 Å². The van der Waals surface area contributed by atoms with Crippen LogP contribution in [0.25, 0.3) is 0 Å². The Kier molecular flexibility index (Phi) is 6.10. The van der Waals surface area contributed by atoms with Crippen molar-refractivity contribution in [1.82, 2.24) is 9.88 Å². The Morgan fingerprint density at radius 1 is 1.48 bits per heavy atom. The number of hydrogen-bond acceptors (Lipinski definition) is 4. The molecule has 6 heteroatoms. The summed E-state index contributed by atoms with van der Waals surface area (Å²) >= 11 is 0. The van der Waals surface area contributed by atoms with Crippen molar-refractivity contribution in [1.29, 1.82) is 0 Å². The Morgan fingerprint density at radius 2 is 2.26 bits per heavy atom. The number of unbranched alkanes of at least 4 members (excludes halogenated alkanes) is 1. The van der Waals surface area contributed by atoms with Crippen molar-refractivity contribution in [3.05, 3.63) is 30.1 Å². The summed E-state index contributed by atoms with van der Waals surface area (Å²) in [7, 11) is 0. The maximum Gasteiger partial charge on any atom is 0.333 e. The van der Waals surface area contributed by atoms with E-state index in [-0.39, 0.29) is 11.8 Å². The minimum Gasteiger partial charge on any atom is -0.479 e. The summed E-state index contributed by atoms with van der Waals surface area (Å²) in [5.74, 6) is -2.22. The third-order valence-electron chi connectivity index (χ3n) is 4.48. The topological polar surface area (TPSA) is 90.7 Å². The Hall–Kier alpha value is -1.95. The molecule has 0 aliphatic carbocycles. The average Bonchev–Trinajstić information content (AvgIpc) is 3.05. The number of carbonyl (C=O) groups is 2. The number of hydrogen-bond donors (Lipinski definition) is 2. The van der Waals surface area contributed by atoms with Gasteiger partial charge in [0.15, 0.2) is 6.10 Å². The molecule has 2 rings (SSSR count). The van der Waals surface area contributed by atoms with Crippen molar-refractivity contribution >= 4 is 11.9 Å². The zero-order chi connectivity index (χ0) is 16.8. The molecule has 1 aromatic heterocycles. The van der Waals surface area contributed by atoms with Crippen molar-refractivity contribution in [3.8, 4) is 0 Å². The van der Waals surface area contributed by atoms with Gasteiger partial charge in [-0.3, -0.25) is 9.78 Å². The van der Waals surface area contributed by atoms with Gasteiger partial charge in [0.1, 0.15) is 0 Å². The zero-order valence-electron chi connectivity index (χ0n) is 13.4. The fourth-order valence-electron chi connectivity index (χ4n) is 3.10. The third kappa shape index (κ3) is 4.28. The van der Waals surface area contributed by atoms with E-state index in [1.807, 2.05) is 19.1 Å². The number of carboxylic acids is 1. The molecule has 1 aliphatic rings. The molecule has 1 saturated heterocycles. The van der Waals surface area contributed by atoms with Crippen LogP contribution in [0, 0.1) is 5.92 Å². The highest BCUT2D eigenvalue weighted by molar-refractivity contribution is 5.86. The molecule has 23 heavy (non-hydrogen) atoms. The second kappa shape index (κ2) is 8.06. The van der Waals surface area contributed by atoms with E-state index in [2.05, 4.69) is 4.98 Å². The monoisotopic (exact) mass is 320 g/mol. The van der Waals surface area contributed by atoms with Crippen molar-refractivity contribution in [3.63, 3.8) is 0 Å². The molecule has 6 nitrogen and oxygen atoms in total. The summed E-state index contributed by atoms with van der Waals surface area (Å²) in [4.78, 5) is 29.5. The van der Waals surface area contributed by atoms with Crippen LogP contribution in [0.2, 0.25) is 0 Å². The van der Waals surface area contributed by atoms with Crippen LogP contribution in [0.15, 0.2) is 24.5 Å². The highest BCUT2D eigenvalue weighted by Gasteiger charge is 2.37. The number of pyridine rings is 1. The molecule has 126 valence electrons. The lowest BCUT2D eigenvalue weighted by Crippen LogP contribution is -2.43. The molecule has 3 atom stereocenters. The third-order valence-corrected chi connectivity index (χ3v) is 4.48. The van der Waals surface area contributed by atoms with Gasteiger partial charge in [0.2, 0.25) is 5.91 Å². The van der Waals surface area contributed by atoms with Crippen LogP contribution >= 0.6 is 0 Å². The molecule has 1 fully saturated rings. The second-order valence-corrected chi connectivity index (χ2v) is 6.09. The molecule has 1 amide bonds. The highest BCUT2D eigenvalue weighted by Crippen LogP contribution is 2.29. The predicted molar refractivity (Wildman–Crippen MR) is 84.8 cm³/mol. The van der Waals surface area contributed by atoms with Crippen molar-refractivity contribution in [2.75, 3.05) is 13.1 Å². The van der Waals surface area contributed by atoms with Gasteiger partial charge in [-0.25, -0.2) is 4.79 Å². The molecule has 0 radical (unpaired) electrons. The van der Waals surface area contributed by atoms with E-state index in [0.29, 0.717) is 19.5 Å². The van der Waals surface area contributed by atoms with Crippen LogP contribution in [0.4, 0.5) is 0 Å². The summed E-state index contributed by atoms with van der Waals surface area (Å²) < 4.78 is 0. The largest absolute Gasteiger partial charge is 0.479 e.